The molecule has 0 radical (unpaired) electrons. The van der Waals surface area contributed by atoms with Gasteiger partial charge in [0.15, 0.2) is 0 Å². The number of nitriles is 1. The van der Waals surface area contributed by atoms with Gasteiger partial charge in [0.05, 0.1) is 23.5 Å². The Kier molecular flexibility index (Phi) is 6.09. The molecule has 0 saturated heterocycles. The van der Waals surface area contributed by atoms with E-state index in [9.17, 15) is 28.3 Å². The molecule has 0 bridgehead atoms. The van der Waals surface area contributed by atoms with Gasteiger partial charge in [0.1, 0.15) is 0 Å². The summed E-state index contributed by atoms with van der Waals surface area (Å²) in [7, 11) is 0. The van der Waals surface area contributed by atoms with E-state index in [2.05, 4.69) is 15.9 Å². The number of carbonyl (C=O) groups is 1. The standard InChI is InChI=1S/C19H15BrF3NO2/c1-2-11-9-12(20)7-8-13(11)17(15(10-24)18(25)26)14-5-3-4-6-16(14)19(21,22)23/h3-9,15,17H,2H2,1H3,(H,25,26)/p-1. The highest BCUT2D eigenvalue weighted by atomic mass is 79.9. The number of hydrogen-bond donors (Lipinski definition) is 0. The number of hydrogen-bond acceptors (Lipinski definition) is 3. The molecule has 3 nitrogen and oxygen atoms in total. The first kappa shape index (κ1) is 20.0. The fourth-order valence-electron chi connectivity index (χ4n) is 3.00. The summed E-state index contributed by atoms with van der Waals surface area (Å²) in [5.41, 5.74) is -0.199. The third-order valence-electron chi connectivity index (χ3n) is 4.15. The number of aryl methyl sites for hydroxylation is 1. The Morgan fingerprint density at radius 3 is 2.42 bits per heavy atom. The Hall–Kier alpha value is -2.33. The molecule has 0 aromatic heterocycles. The lowest BCUT2D eigenvalue weighted by Crippen LogP contribution is -2.35. The first-order chi connectivity index (χ1) is 12.2. The second-order valence-electron chi connectivity index (χ2n) is 5.69. The maximum Gasteiger partial charge on any atom is 0.416 e. The van der Waals surface area contributed by atoms with Gasteiger partial charge in [0.25, 0.3) is 0 Å². The lowest BCUT2D eigenvalue weighted by molar-refractivity contribution is -0.309. The maximum atomic E-state index is 13.5. The van der Waals surface area contributed by atoms with E-state index in [1.54, 1.807) is 31.2 Å². The predicted molar refractivity (Wildman–Crippen MR) is 90.9 cm³/mol. The van der Waals surface area contributed by atoms with Crippen LogP contribution in [0.5, 0.6) is 0 Å². The summed E-state index contributed by atoms with van der Waals surface area (Å²) in [4.78, 5) is 11.5. The van der Waals surface area contributed by atoms with Crippen molar-refractivity contribution in [1.82, 2.24) is 0 Å². The summed E-state index contributed by atoms with van der Waals surface area (Å²) in [5.74, 6) is -4.77. The van der Waals surface area contributed by atoms with Crippen LogP contribution in [0.15, 0.2) is 46.9 Å². The zero-order valence-corrected chi connectivity index (χ0v) is 15.3. The first-order valence-electron chi connectivity index (χ1n) is 7.75. The van der Waals surface area contributed by atoms with Crippen LogP contribution in [0.4, 0.5) is 13.2 Å². The van der Waals surface area contributed by atoms with Crippen molar-refractivity contribution in [1.29, 1.82) is 5.26 Å². The molecule has 0 saturated carbocycles. The van der Waals surface area contributed by atoms with Crippen LogP contribution < -0.4 is 5.11 Å². The Labute approximate surface area is 157 Å². The van der Waals surface area contributed by atoms with Gasteiger partial charge in [-0.15, -0.1) is 0 Å². The quantitative estimate of drug-likeness (QED) is 0.726. The van der Waals surface area contributed by atoms with Crippen LogP contribution in [0.1, 0.15) is 35.1 Å². The largest absolute Gasteiger partial charge is 0.549 e. The van der Waals surface area contributed by atoms with Gasteiger partial charge < -0.3 is 9.90 Å². The Morgan fingerprint density at radius 1 is 1.23 bits per heavy atom. The second kappa shape index (κ2) is 7.92. The molecule has 0 aliphatic carbocycles. The monoisotopic (exact) mass is 424 g/mol. The molecule has 0 aliphatic rings. The van der Waals surface area contributed by atoms with E-state index in [4.69, 9.17) is 0 Å². The lowest BCUT2D eigenvalue weighted by Gasteiger charge is -2.28. The molecule has 0 fully saturated rings. The van der Waals surface area contributed by atoms with Crippen molar-refractivity contribution < 1.29 is 23.1 Å². The van der Waals surface area contributed by atoms with Gasteiger partial charge in [-0.3, -0.25) is 0 Å². The smallest absolute Gasteiger partial charge is 0.416 e. The highest BCUT2D eigenvalue weighted by Crippen LogP contribution is 2.42. The summed E-state index contributed by atoms with van der Waals surface area (Å²) in [6, 6.07) is 11.2. The van der Waals surface area contributed by atoms with Gasteiger partial charge in [0.2, 0.25) is 0 Å². The molecule has 136 valence electrons. The fourth-order valence-corrected chi connectivity index (χ4v) is 3.41. The van der Waals surface area contributed by atoms with Crippen LogP contribution in [-0.2, 0) is 17.4 Å². The first-order valence-corrected chi connectivity index (χ1v) is 8.54. The molecule has 2 aromatic carbocycles. The second-order valence-corrected chi connectivity index (χ2v) is 6.60. The van der Waals surface area contributed by atoms with E-state index in [0.717, 1.165) is 6.07 Å². The van der Waals surface area contributed by atoms with Crippen molar-refractivity contribution in [3.05, 3.63) is 69.2 Å². The molecule has 26 heavy (non-hydrogen) atoms. The van der Waals surface area contributed by atoms with Crippen LogP contribution in [0.3, 0.4) is 0 Å². The summed E-state index contributed by atoms with van der Waals surface area (Å²) in [6.45, 7) is 1.80. The van der Waals surface area contributed by atoms with Gasteiger partial charge in [-0.05, 0) is 41.3 Å². The van der Waals surface area contributed by atoms with Crippen LogP contribution >= 0.6 is 15.9 Å². The Morgan fingerprint density at radius 2 is 1.88 bits per heavy atom. The zero-order valence-electron chi connectivity index (χ0n) is 13.7. The number of benzene rings is 2. The molecule has 2 atom stereocenters. The van der Waals surface area contributed by atoms with E-state index < -0.39 is 29.5 Å². The minimum Gasteiger partial charge on any atom is -0.549 e. The van der Waals surface area contributed by atoms with Gasteiger partial charge in [-0.2, -0.15) is 18.4 Å². The highest BCUT2D eigenvalue weighted by Gasteiger charge is 2.38. The minimum atomic E-state index is -4.68. The van der Waals surface area contributed by atoms with Crippen molar-refractivity contribution >= 4 is 21.9 Å². The number of rotatable bonds is 5. The summed E-state index contributed by atoms with van der Waals surface area (Å²) in [6.07, 6.45) is -4.22. The van der Waals surface area contributed by atoms with Crippen LogP contribution in [0, 0.1) is 17.2 Å². The normalized spacial score (nSPS) is 13.7. The molecule has 0 amide bonds. The number of aliphatic carboxylic acids is 1. The van der Waals surface area contributed by atoms with E-state index >= 15 is 0 Å². The Balaban J connectivity index is 2.81. The van der Waals surface area contributed by atoms with Crippen molar-refractivity contribution in [2.45, 2.75) is 25.4 Å². The topological polar surface area (TPSA) is 63.9 Å². The minimum absolute atomic E-state index is 0.257. The third kappa shape index (κ3) is 4.07. The Bertz CT molecular complexity index is 859. The lowest BCUT2D eigenvalue weighted by atomic mass is 9.77. The van der Waals surface area contributed by atoms with Crippen molar-refractivity contribution in [3.8, 4) is 6.07 Å². The van der Waals surface area contributed by atoms with E-state index in [-0.39, 0.29) is 5.56 Å². The number of alkyl halides is 3. The molecule has 0 N–H and O–H groups in total. The molecule has 0 heterocycles. The van der Waals surface area contributed by atoms with Crippen molar-refractivity contribution in [2.24, 2.45) is 5.92 Å². The molecule has 7 heteroatoms. The van der Waals surface area contributed by atoms with Gasteiger partial charge in [-0.25, -0.2) is 0 Å². The predicted octanol–water partition coefficient (Wildman–Crippen LogP) is 4.05. The maximum absolute atomic E-state index is 13.5. The zero-order chi connectivity index (χ0) is 19.5. The molecule has 2 aromatic rings. The van der Waals surface area contributed by atoms with Crippen LogP contribution in [0.25, 0.3) is 0 Å². The highest BCUT2D eigenvalue weighted by molar-refractivity contribution is 9.10. The molecule has 0 spiro atoms. The van der Waals surface area contributed by atoms with Crippen LogP contribution in [0.2, 0.25) is 0 Å². The molecular formula is C19H14BrF3NO2-. The van der Waals surface area contributed by atoms with Gasteiger partial charge in [0, 0.05) is 10.4 Å². The van der Waals surface area contributed by atoms with Gasteiger partial charge >= 0.3 is 6.18 Å². The number of carboxylic acids is 1. The van der Waals surface area contributed by atoms with E-state index in [1.807, 2.05) is 0 Å². The average molecular weight is 425 g/mol. The van der Waals surface area contributed by atoms with E-state index in [1.165, 1.54) is 18.2 Å². The summed E-state index contributed by atoms with van der Waals surface area (Å²) < 4.78 is 41.2. The van der Waals surface area contributed by atoms with Crippen molar-refractivity contribution in [2.75, 3.05) is 0 Å². The number of halogens is 4. The van der Waals surface area contributed by atoms with E-state index in [0.29, 0.717) is 22.0 Å². The average Bonchev–Trinajstić information content (AvgIpc) is 2.58. The SMILES string of the molecule is CCc1cc(Br)ccc1C(c1ccccc1C(F)(F)F)C(C#N)C(=O)[O-]. The molecule has 0 aliphatic heterocycles. The fraction of sp³-hybridized carbons (Fsp3) is 0.263. The number of nitrogens with zero attached hydrogens (tertiary/aromatic N) is 1. The number of carbonyl (C=O) groups excluding carboxylic acids is 1. The van der Waals surface area contributed by atoms with Crippen molar-refractivity contribution in [3.63, 3.8) is 0 Å². The third-order valence-corrected chi connectivity index (χ3v) is 4.64. The summed E-state index contributed by atoms with van der Waals surface area (Å²) in [5, 5.41) is 20.9. The molecular weight excluding hydrogens is 411 g/mol. The molecule has 2 unspecified atom stereocenters. The van der Waals surface area contributed by atoms with Gasteiger partial charge in [-0.1, -0.05) is 47.1 Å². The number of carboxylic acid groups (broad SMARTS) is 1. The summed E-state index contributed by atoms with van der Waals surface area (Å²) >= 11 is 3.30. The molecule has 2 rings (SSSR count). The van der Waals surface area contributed by atoms with Crippen LogP contribution in [-0.4, -0.2) is 5.97 Å².